The van der Waals surface area contributed by atoms with Gasteiger partial charge in [-0.05, 0) is 55.3 Å². The Morgan fingerprint density at radius 2 is 1.87 bits per heavy atom. The first-order valence-corrected chi connectivity index (χ1v) is 10.0. The first-order valence-electron chi connectivity index (χ1n) is 9.67. The lowest BCUT2D eigenvalue weighted by molar-refractivity contribution is 0.0944. The van der Waals surface area contributed by atoms with Gasteiger partial charge in [0.2, 0.25) is 0 Å². The van der Waals surface area contributed by atoms with Crippen LogP contribution in [0, 0.1) is 5.82 Å². The molecule has 160 valence electrons. The Labute approximate surface area is 184 Å². The molecule has 0 aliphatic carbocycles. The van der Waals surface area contributed by atoms with Crippen LogP contribution in [0.2, 0.25) is 5.02 Å². The summed E-state index contributed by atoms with van der Waals surface area (Å²) in [6.45, 7) is 2.92. The second-order valence-corrected chi connectivity index (χ2v) is 7.73. The van der Waals surface area contributed by atoms with E-state index in [2.05, 4.69) is 15.2 Å². The second-order valence-electron chi connectivity index (χ2n) is 7.30. The molecule has 1 saturated heterocycles. The number of carbonyl (C=O) groups excluding carboxylic acids is 1. The Hall–Kier alpha value is -2.35. The van der Waals surface area contributed by atoms with Crippen molar-refractivity contribution in [2.45, 2.75) is 18.9 Å². The minimum absolute atomic E-state index is 0. The molecule has 3 aromatic rings. The fourth-order valence-corrected chi connectivity index (χ4v) is 4.02. The minimum atomic E-state index is -0.348. The molecular weight excluding hydrogens is 430 g/mol. The third-order valence-corrected chi connectivity index (χ3v) is 5.67. The van der Waals surface area contributed by atoms with Gasteiger partial charge >= 0.3 is 5.69 Å². The van der Waals surface area contributed by atoms with Gasteiger partial charge in [-0.3, -0.25) is 9.36 Å². The molecule has 0 atom stereocenters. The van der Waals surface area contributed by atoms with Crippen LogP contribution in [0.25, 0.3) is 11.0 Å². The molecule has 1 aliphatic rings. The zero-order valence-corrected chi connectivity index (χ0v) is 17.8. The quantitative estimate of drug-likeness (QED) is 0.620. The van der Waals surface area contributed by atoms with E-state index < -0.39 is 0 Å². The number of H-pyrrole nitrogens is 1. The third kappa shape index (κ3) is 4.86. The van der Waals surface area contributed by atoms with Crippen molar-refractivity contribution < 1.29 is 9.18 Å². The number of halogens is 3. The number of hydrogen-bond acceptors (Lipinski definition) is 3. The molecule has 2 N–H and O–H groups in total. The van der Waals surface area contributed by atoms with Crippen LogP contribution in [-0.4, -0.2) is 46.5 Å². The van der Waals surface area contributed by atoms with Crippen LogP contribution in [0.1, 0.15) is 29.2 Å². The lowest BCUT2D eigenvalue weighted by atomic mass is 10.0. The van der Waals surface area contributed by atoms with E-state index in [1.807, 2.05) is 0 Å². The van der Waals surface area contributed by atoms with Gasteiger partial charge in [0.05, 0.1) is 11.0 Å². The molecule has 2 heterocycles. The van der Waals surface area contributed by atoms with Crippen molar-refractivity contribution >= 4 is 40.9 Å². The van der Waals surface area contributed by atoms with Crippen LogP contribution in [0.15, 0.2) is 47.3 Å². The Morgan fingerprint density at radius 3 is 2.57 bits per heavy atom. The van der Waals surface area contributed by atoms with Crippen molar-refractivity contribution in [2.24, 2.45) is 0 Å². The maximum atomic E-state index is 13.6. The molecule has 0 saturated carbocycles. The molecule has 1 fully saturated rings. The van der Waals surface area contributed by atoms with E-state index >= 15 is 0 Å². The summed E-state index contributed by atoms with van der Waals surface area (Å²) in [5.41, 5.74) is 1.66. The second kappa shape index (κ2) is 9.64. The molecule has 0 spiro atoms. The van der Waals surface area contributed by atoms with Crippen molar-refractivity contribution in [1.29, 1.82) is 0 Å². The number of nitrogens with zero attached hydrogens (tertiary/aromatic N) is 2. The van der Waals surface area contributed by atoms with Crippen LogP contribution < -0.4 is 11.0 Å². The highest BCUT2D eigenvalue weighted by atomic mass is 35.5. The SMILES string of the molecule is Cl.O=C(NCCN1CCC(n2c(=O)[nH]c3ccc(F)cc32)CC1)c1ccc(Cl)cc1. The first-order chi connectivity index (χ1) is 14.0. The highest BCUT2D eigenvalue weighted by Crippen LogP contribution is 2.25. The van der Waals surface area contributed by atoms with E-state index in [0.717, 1.165) is 32.5 Å². The number of fused-ring (bicyclic) bond motifs is 1. The van der Waals surface area contributed by atoms with Gasteiger partial charge in [-0.1, -0.05) is 11.6 Å². The van der Waals surface area contributed by atoms with E-state index in [1.165, 1.54) is 12.1 Å². The van der Waals surface area contributed by atoms with E-state index in [4.69, 9.17) is 11.6 Å². The van der Waals surface area contributed by atoms with Crippen molar-refractivity contribution in [3.63, 3.8) is 0 Å². The predicted molar refractivity (Wildman–Crippen MR) is 118 cm³/mol. The van der Waals surface area contributed by atoms with Crippen LogP contribution in [0.4, 0.5) is 4.39 Å². The molecule has 0 radical (unpaired) electrons. The lowest BCUT2D eigenvalue weighted by Gasteiger charge is -2.32. The fraction of sp³-hybridized carbons (Fsp3) is 0.333. The molecule has 4 rings (SSSR count). The smallest absolute Gasteiger partial charge is 0.326 e. The van der Waals surface area contributed by atoms with E-state index in [0.29, 0.717) is 28.2 Å². The van der Waals surface area contributed by atoms with E-state index in [9.17, 15) is 14.0 Å². The van der Waals surface area contributed by atoms with Crippen molar-refractivity contribution in [2.75, 3.05) is 26.2 Å². The summed E-state index contributed by atoms with van der Waals surface area (Å²) in [5.74, 6) is -0.469. The predicted octanol–water partition coefficient (Wildman–Crippen LogP) is 3.61. The zero-order chi connectivity index (χ0) is 20.4. The Bertz CT molecular complexity index is 1070. The average Bonchev–Trinajstić information content (AvgIpc) is 3.04. The molecule has 1 amide bonds. The number of nitrogens with one attached hydrogen (secondary N) is 2. The highest BCUT2D eigenvalue weighted by Gasteiger charge is 2.23. The number of carbonyl (C=O) groups is 1. The molecule has 0 unspecified atom stereocenters. The summed E-state index contributed by atoms with van der Waals surface area (Å²) in [6.07, 6.45) is 1.60. The van der Waals surface area contributed by atoms with Crippen LogP contribution in [0.3, 0.4) is 0 Å². The monoisotopic (exact) mass is 452 g/mol. The summed E-state index contributed by atoms with van der Waals surface area (Å²) in [5, 5.41) is 3.52. The molecule has 2 aromatic carbocycles. The van der Waals surface area contributed by atoms with Crippen molar-refractivity contribution in [1.82, 2.24) is 19.8 Å². The standard InChI is InChI=1S/C21H22ClFN4O2.ClH/c22-15-3-1-14(2-4-15)20(28)24-9-12-26-10-7-17(8-11-26)27-19-13-16(23)5-6-18(19)25-21(27)29;/h1-6,13,17H,7-12H2,(H,24,28)(H,25,29);1H. The molecule has 1 aliphatic heterocycles. The maximum Gasteiger partial charge on any atom is 0.326 e. The zero-order valence-electron chi connectivity index (χ0n) is 16.2. The van der Waals surface area contributed by atoms with Crippen LogP contribution >= 0.6 is 24.0 Å². The summed E-state index contributed by atoms with van der Waals surface area (Å²) < 4.78 is 15.3. The topological polar surface area (TPSA) is 70.1 Å². The number of aromatic amines is 1. The Morgan fingerprint density at radius 1 is 1.17 bits per heavy atom. The Balaban J connectivity index is 0.00000256. The number of piperidine rings is 1. The van der Waals surface area contributed by atoms with Gasteiger partial charge in [0.25, 0.3) is 5.91 Å². The molecule has 6 nitrogen and oxygen atoms in total. The molecule has 1 aromatic heterocycles. The number of hydrogen-bond donors (Lipinski definition) is 2. The van der Waals surface area contributed by atoms with Crippen LogP contribution in [0.5, 0.6) is 0 Å². The summed E-state index contributed by atoms with van der Waals surface area (Å²) in [6, 6.07) is 11.2. The van der Waals surface area contributed by atoms with Gasteiger partial charge in [0, 0.05) is 42.8 Å². The van der Waals surface area contributed by atoms with E-state index in [-0.39, 0.29) is 35.9 Å². The Kier molecular flexibility index (Phi) is 7.18. The maximum absolute atomic E-state index is 13.6. The fourth-order valence-electron chi connectivity index (χ4n) is 3.89. The van der Waals surface area contributed by atoms with Crippen molar-refractivity contribution in [3.05, 3.63) is 69.4 Å². The third-order valence-electron chi connectivity index (χ3n) is 5.42. The summed E-state index contributed by atoms with van der Waals surface area (Å²) in [4.78, 5) is 29.6. The van der Waals surface area contributed by atoms with Crippen molar-refractivity contribution in [3.8, 4) is 0 Å². The molecule has 9 heteroatoms. The van der Waals surface area contributed by atoms with Gasteiger partial charge in [0.15, 0.2) is 0 Å². The number of amides is 1. The molecule has 30 heavy (non-hydrogen) atoms. The minimum Gasteiger partial charge on any atom is -0.351 e. The highest BCUT2D eigenvalue weighted by molar-refractivity contribution is 6.30. The molecule has 0 bridgehead atoms. The van der Waals surface area contributed by atoms with Crippen LogP contribution in [-0.2, 0) is 0 Å². The lowest BCUT2D eigenvalue weighted by Crippen LogP contribution is -2.41. The van der Waals surface area contributed by atoms with Gasteiger partial charge < -0.3 is 15.2 Å². The average molecular weight is 453 g/mol. The normalized spacial score (nSPS) is 15.1. The van der Waals surface area contributed by atoms with Gasteiger partial charge in [-0.2, -0.15) is 0 Å². The number of rotatable bonds is 5. The van der Waals surface area contributed by atoms with Gasteiger partial charge in [0.1, 0.15) is 5.82 Å². The number of aromatic nitrogens is 2. The number of imidazole rings is 1. The van der Waals surface area contributed by atoms with E-state index in [1.54, 1.807) is 34.9 Å². The number of benzene rings is 2. The molecular formula is C21H23Cl2FN4O2. The number of likely N-dealkylation sites (tertiary alicyclic amines) is 1. The first kappa shape index (κ1) is 22.3. The largest absolute Gasteiger partial charge is 0.351 e. The van der Waals surface area contributed by atoms with Gasteiger partial charge in [-0.15, -0.1) is 12.4 Å². The summed E-state index contributed by atoms with van der Waals surface area (Å²) >= 11 is 5.84. The summed E-state index contributed by atoms with van der Waals surface area (Å²) in [7, 11) is 0. The van der Waals surface area contributed by atoms with Gasteiger partial charge in [-0.25, -0.2) is 9.18 Å².